The average Bonchev–Trinajstić information content (AvgIpc) is 3.23. The van der Waals surface area contributed by atoms with Gasteiger partial charge in [0.15, 0.2) is 0 Å². The van der Waals surface area contributed by atoms with Crippen LogP contribution in [0.4, 0.5) is 11.5 Å². The van der Waals surface area contributed by atoms with Crippen LogP contribution in [0, 0.1) is 11.3 Å². The molecule has 4 rings (SSSR count). The summed E-state index contributed by atoms with van der Waals surface area (Å²) < 4.78 is 5.50. The lowest BCUT2D eigenvalue weighted by Crippen LogP contribution is -2.34. The van der Waals surface area contributed by atoms with Crippen LogP contribution < -0.4 is 16.8 Å². The van der Waals surface area contributed by atoms with E-state index in [0.29, 0.717) is 32.1 Å². The molecule has 3 aromatic rings. The third kappa shape index (κ3) is 3.18. The van der Waals surface area contributed by atoms with Crippen molar-refractivity contribution in [2.45, 2.75) is 44.6 Å². The number of pyridine rings is 1. The highest BCUT2D eigenvalue weighted by atomic mass is 32.1. The van der Waals surface area contributed by atoms with Crippen molar-refractivity contribution in [3.05, 3.63) is 28.8 Å². The molecular weight excluding hydrogens is 374 g/mol. The average molecular weight is 395 g/mol. The van der Waals surface area contributed by atoms with Gasteiger partial charge >= 0.3 is 0 Å². The Morgan fingerprint density at radius 1 is 1.29 bits per heavy atom. The molecule has 144 valence electrons. The number of nitrogens with two attached hydrogens (primary N) is 2. The highest BCUT2D eigenvalue weighted by Crippen LogP contribution is 2.42. The lowest BCUT2D eigenvalue weighted by molar-refractivity contribution is 0.0938. The van der Waals surface area contributed by atoms with E-state index in [2.05, 4.69) is 16.4 Å². The first-order chi connectivity index (χ1) is 13.6. The van der Waals surface area contributed by atoms with Crippen molar-refractivity contribution in [1.29, 1.82) is 5.26 Å². The van der Waals surface area contributed by atoms with Crippen molar-refractivity contribution in [2.75, 3.05) is 11.5 Å². The summed E-state index contributed by atoms with van der Waals surface area (Å²) in [5.74, 6) is 0.365. The second kappa shape index (κ2) is 7.52. The van der Waals surface area contributed by atoms with E-state index in [1.54, 1.807) is 12.1 Å². The molecular formula is C20H21N5O2S. The van der Waals surface area contributed by atoms with E-state index < -0.39 is 0 Å². The van der Waals surface area contributed by atoms with E-state index in [9.17, 15) is 10.1 Å². The molecule has 3 heterocycles. The quantitative estimate of drug-likeness (QED) is 0.573. The number of carbonyl (C=O) groups excluding carboxylic acids is 1. The molecule has 1 saturated carbocycles. The highest BCUT2D eigenvalue weighted by molar-refractivity contribution is 7.21. The largest absolute Gasteiger partial charge is 0.464 e. The van der Waals surface area contributed by atoms with Crippen LogP contribution in [0.5, 0.6) is 0 Å². The third-order valence-electron chi connectivity index (χ3n) is 5.18. The Bertz CT molecular complexity index is 1060. The molecule has 8 heteroatoms. The molecule has 5 N–H and O–H groups in total. The number of hydrogen-bond donors (Lipinski definition) is 3. The Balaban J connectivity index is 1.79. The number of anilines is 2. The van der Waals surface area contributed by atoms with Gasteiger partial charge in [-0.15, -0.1) is 11.3 Å². The molecule has 0 atom stereocenters. The number of aromatic nitrogens is 1. The number of nitrogens with zero attached hydrogens (tertiary/aromatic N) is 2. The predicted octanol–water partition coefficient (Wildman–Crippen LogP) is 4.04. The smallest absolute Gasteiger partial charge is 0.263 e. The summed E-state index contributed by atoms with van der Waals surface area (Å²) in [6.07, 6.45) is 8.16. The van der Waals surface area contributed by atoms with Crippen molar-refractivity contribution in [1.82, 2.24) is 10.3 Å². The van der Waals surface area contributed by atoms with E-state index in [1.165, 1.54) is 30.4 Å². The molecule has 0 unspecified atom stereocenters. The number of nitrogen functional groups attached to an aromatic ring is 2. The molecule has 3 aromatic heterocycles. The van der Waals surface area contributed by atoms with E-state index in [1.807, 2.05) is 0 Å². The lowest BCUT2D eigenvalue weighted by atomic mass is 10.0. The van der Waals surface area contributed by atoms with Crippen LogP contribution in [0.15, 0.2) is 22.8 Å². The van der Waals surface area contributed by atoms with Gasteiger partial charge in [0.1, 0.15) is 32.9 Å². The SMILES string of the molecule is N#Cc1c(N)nc2sc(C(=O)NC3CCCCCC3)c(N)c2c1-c1ccco1. The zero-order valence-electron chi connectivity index (χ0n) is 15.3. The van der Waals surface area contributed by atoms with Crippen LogP contribution in [0.3, 0.4) is 0 Å². The van der Waals surface area contributed by atoms with Gasteiger partial charge in [-0.05, 0) is 25.0 Å². The molecule has 0 saturated heterocycles. The van der Waals surface area contributed by atoms with Crippen LogP contribution in [0.1, 0.15) is 53.8 Å². The van der Waals surface area contributed by atoms with Crippen LogP contribution >= 0.6 is 11.3 Å². The minimum absolute atomic E-state index is 0.0957. The lowest BCUT2D eigenvalue weighted by Gasteiger charge is -2.15. The fourth-order valence-corrected chi connectivity index (χ4v) is 4.81. The number of fused-ring (bicyclic) bond motifs is 1. The molecule has 0 bridgehead atoms. The Hall–Kier alpha value is -3.05. The summed E-state index contributed by atoms with van der Waals surface area (Å²) in [6.45, 7) is 0. The van der Waals surface area contributed by atoms with Crippen molar-refractivity contribution in [3.8, 4) is 17.4 Å². The molecule has 0 spiro atoms. The van der Waals surface area contributed by atoms with Gasteiger partial charge in [0.25, 0.3) is 5.91 Å². The van der Waals surface area contributed by atoms with Gasteiger partial charge in [0.05, 0.1) is 17.5 Å². The molecule has 0 aliphatic heterocycles. The van der Waals surface area contributed by atoms with Crippen LogP contribution in [0.25, 0.3) is 21.5 Å². The van der Waals surface area contributed by atoms with E-state index in [0.717, 1.165) is 25.7 Å². The number of rotatable bonds is 3. The Labute approximate surface area is 166 Å². The van der Waals surface area contributed by atoms with Crippen molar-refractivity contribution >= 4 is 39.0 Å². The van der Waals surface area contributed by atoms with Crippen molar-refractivity contribution in [3.63, 3.8) is 0 Å². The first-order valence-corrected chi connectivity index (χ1v) is 10.2. The fourth-order valence-electron chi connectivity index (χ4n) is 3.79. The number of thiophene rings is 1. The van der Waals surface area contributed by atoms with E-state index in [4.69, 9.17) is 15.9 Å². The number of nitrogens with one attached hydrogen (secondary N) is 1. The third-order valence-corrected chi connectivity index (χ3v) is 6.28. The first kappa shape index (κ1) is 18.3. The number of hydrogen-bond acceptors (Lipinski definition) is 7. The summed E-state index contributed by atoms with van der Waals surface area (Å²) in [7, 11) is 0. The predicted molar refractivity (Wildman–Crippen MR) is 110 cm³/mol. The molecule has 7 nitrogen and oxygen atoms in total. The summed E-state index contributed by atoms with van der Waals surface area (Å²) in [6, 6.07) is 5.70. The molecule has 1 aliphatic rings. The first-order valence-electron chi connectivity index (χ1n) is 9.36. The molecule has 0 radical (unpaired) electrons. The van der Waals surface area contributed by atoms with Crippen LogP contribution in [0.2, 0.25) is 0 Å². The van der Waals surface area contributed by atoms with Gasteiger partial charge in [0.2, 0.25) is 0 Å². The molecule has 1 fully saturated rings. The number of carbonyl (C=O) groups is 1. The highest BCUT2D eigenvalue weighted by Gasteiger charge is 2.26. The number of amides is 1. The van der Waals surface area contributed by atoms with Crippen LogP contribution in [-0.2, 0) is 0 Å². The monoisotopic (exact) mass is 395 g/mol. The van der Waals surface area contributed by atoms with Gasteiger partial charge < -0.3 is 21.2 Å². The Kier molecular flexibility index (Phi) is 4.92. The second-order valence-corrected chi connectivity index (χ2v) is 8.02. The Morgan fingerprint density at radius 2 is 2.04 bits per heavy atom. The summed E-state index contributed by atoms with van der Waals surface area (Å²) in [5.41, 5.74) is 13.4. The molecule has 0 aromatic carbocycles. The normalized spacial score (nSPS) is 15.2. The second-order valence-electron chi connectivity index (χ2n) is 7.02. The van der Waals surface area contributed by atoms with Crippen molar-refractivity contribution in [2.24, 2.45) is 0 Å². The molecule has 1 aliphatic carbocycles. The fraction of sp³-hybridized carbons (Fsp3) is 0.350. The van der Waals surface area contributed by atoms with Crippen molar-refractivity contribution < 1.29 is 9.21 Å². The topological polar surface area (TPSA) is 131 Å². The number of nitriles is 1. The maximum Gasteiger partial charge on any atom is 0.263 e. The van der Waals surface area contributed by atoms with E-state index >= 15 is 0 Å². The summed E-state index contributed by atoms with van der Waals surface area (Å²) >= 11 is 1.19. The minimum Gasteiger partial charge on any atom is -0.464 e. The van der Waals surface area contributed by atoms with Gasteiger partial charge in [-0.2, -0.15) is 5.26 Å². The Morgan fingerprint density at radius 3 is 2.68 bits per heavy atom. The van der Waals surface area contributed by atoms with Gasteiger partial charge in [-0.25, -0.2) is 4.98 Å². The standard InChI is InChI=1S/C20H21N5O2S/c21-10-12-14(13-8-5-9-27-13)15-16(22)17(28-20(15)25-18(12)23)19(26)24-11-6-3-1-2-4-7-11/h5,8-9,11H,1-4,6-7,22H2,(H2,23,25)(H,24,26). The summed E-state index contributed by atoms with van der Waals surface area (Å²) in [5, 5.41) is 13.2. The maximum atomic E-state index is 12.9. The summed E-state index contributed by atoms with van der Waals surface area (Å²) in [4.78, 5) is 18.2. The minimum atomic E-state index is -0.199. The van der Waals surface area contributed by atoms with Gasteiger partial charge in [-0.1, -0.05) is 25.7 Å². The molecule has 28 heavy (non-hydrogen) atoms. The molecule has 1 amide bonds. The maximum absolute atomic E-state index is 12.9. The number of furan rings is 1. The zero-order valence-corrected chi connectivity index (χ0v) is 16.1. The van der Waals surface area contributed by atoms with Crippen LogP contribution in [-0.4, -0.2) is 16.9 Å². The van der Waals surface area contributed by atoms with E-state index in [-0.39, 0.29) is 23.3 Å². The zero-order chi connectivity index (χ0) is 19.7. The van der Waals surface area contributed by atoms with Gasteiger partial charge in [0, 0.05) is 11.4 Å². The van der Waals surface area contributed by atoms with Gasteiger partial charge in [-0.3, -0.25) is 4.79 Å².